The molecule has 2 rings (SSSR count). The molecule has 0 aliphatic carbocycles. The van der Waals surface area contributed by atoms with Gasteiger partial charge in [-0.25, -0.2) is 4.79 Å². The van der Waals surface area contributed by atoms with Gasteiger partial charge >= 0.3 is 6.03 Å². The fourth-order valence-corrected chi connectivity index (χ4v) is 3.16. The lowest BCUT2D eigenvalue weighted by atomic mass is 9.87. The molecule has 1 atom stereocenters. The highest BCUT2D eigenvalue weighted by molar-refractivity contribution is 6.30. The van der Waals surface area contributed by atoms with Crippen LogP contribution in [0, 0.1) is 5.92 Å². The molecule has 2 N–H and O–H groups in total. The molecule has 2 amide bonds. The first kappa shape index (κ1) is 18.1. The lowest BCUT2D eigenvalue weighted by molar-refractivity contribution is 0.0665. The standard InChI is InChI=1S/C18H27ClN2O2/c1-2-3-4-11-20-18(23)21-12-9-15(10-13-21)17(22)14-5-7-16(19)8-6-14/h5-8,15,17,22H,2-4,9-13H2,1H3,(H,20,23). The molecule has 1 aromatic carbocycles. The molecule has 0 saturated carbocycles. The molecule has 1 aliphatic heterocycles. The number of nitrogens with one attached hydrogen (secondary N) is 1. The van der Waals surface area contributed by atoms with Gasteiger partial charge in [0.1, 0.15) is 0 Å². The molecule has 1 fully saturated rings. The zero-order chi connectivity index (χ0) is 16.7. The minimum absolute atomic E-state index is 0.0283. The number of halogens is 1. The Morgan fingerprint density at radius 3 is 2.57 bits per heavy atom. The van der Waals surface area contributed by atoms with Gasteiger partial charge in [-0.3, -0.25) is 0 Å². The number of likely N-dealkylation sites (tertiary alicyclic amines) is 1. The van der Waals surface area contributed by atoms with E-state index in [0.29, 0.717) is 18.1 Å². The molecule has 0 radical (unpaired) electrons. The van der Waals surface area contributed by atoms with Crippen LogP contribution >= 0.6 is 11.6 Å². The van der Waals surface area contributed by atoms with Crippen LogP contribution in [0.3, 0.4) is 0 Å². The summed E-state index contributed by atoms with van der Waals surface area (Å²) in [4.78, 5) is 13.9. The molecule has 128 valence electrons. The van der Waals surface area contributed by atoms with E-state index in [9.17, 15) is 9.90 Å². The molecule has 23 heavy (non-hydrogen) atoms. The lowest BCUT2D eigenvalue weighted by Crippen LogP contribution is -2.45. The highest BCUT2D eigenvalue weighted by Gasteiger charge is 2.28. The molecule has 0 spiro atoms. The van der Waals surface area contributed by atoms with Crippen molar-refractivity contribution in [1.29, 1.82) is 0 Å². The molecule has 4 nitrogen and oxygen atoms in total. The Hall–Kier alpha value is -1.26. The number of unbranched alkanes of at least 4 members (excludes halogenated alkanes) is 2. The van der Waals surface area contributed by atoms with Gasteiger partial charge in [0.25, 0.3) is 0 Å². The first-order valence-corrected chi connectivity index (χ1v) is 8.96. The van der Waals surface area contributed by atoms with E-state index in [4.69, 9.17) is 11.6 Å². The number of benzene rings is 1. The van der Waals surface area contributed by atoms with Crippen LogP contribution in [0.15, 0.2) is 24.3 Å². The van der Waals surface area contributed by atoms with Crippen molar-refractivity contribution in [2.45, 2.75) is 45.1 Å². The number of carbonyl (C=O) groups is 1. The number of hydrogen-bond acceptors (Lipinski definition) is 2. The Labute approximate surface area is 143 Å². The fraction of sp³-hybridized carbons (Fsp3) is 0.611. The topological polar surface area (TPSA) is 52.6 Å². The maximum Gasteiger partial charge on any atom is 0.317 e. The first-order valence-electron chi connectivity index (χ1n) is 8.58. The van der Waals surface area contributed by atoms with E-state index in [1.165, 1.54) is 0 Å². The Bertz CT molecular complexity index is 484. The van der Waals surface area contributed by atoms with Gasteiger partial charge < -0.3 is 15.3 Å². The summed E-state index contributed by atoms with van der Waals surface area (Å²) in [5.74, 6) is 0.195. The van der Waals surface area contributed by atoms with E-state index in [-0.39, 0.29) is 11.9 Å². The second kappa shape index (κ2) is 9.14. The Morgan fingerprint density at radius 2 is 1.96 bits per heavy atom. The molecule has 1 aromatic rings. The molecule has 1 aliphatic rings. The third-order valence-electron chi connectivity index (χ3n) is 4.54. The summed E-state index contributed by atoms with van der Waals surface area (Å²) in [6.07, 6.45) is 4.51. The number of nitrogens with zero attached hydrogens (tertiary/aromatic N) is 1. The van der Waals surface area contributed by atoms with Crippen LogP contribution in [0.2, 0.25) is 5.02 Å². The van der Waals surface area contributed by atoms with Gasteiger partial charge in [-0.2, -0.15) is 0 Å². The number of amides is 2. The highest BCUT2D eigenvalue weighted by Crippen LogP contribution is 2.31. The first-order chi connectivity index (χ1) is 11.1. The number of urea groups is 1. The second-order valence-corrected chi connectivity index (χ2v) is 6.70. The van der Waals surface area contributed by atoms with Crippen molar-refractivity contribution in [3.05, 3.63) is 34.9 Å². The third kappa shape index (κ3) is 5.40. The van der Waals surface area contributed by atoms with Gasteiger partial charge in [0.2, 0.25) is 0 Å². The van der Waals surface area contributed by atoms with Crippen LogP contribution < -0.4 is 5.32 Å². The fourth-order valence-electron chi connectivity index (χ4n) is 3.03. The predicted molar refractivity (Wildman–Crippen MR) is 93.6 cm³/mol. The maximum absolute atomic E-state index is 12.1. The monoisotopic (exact) mass is 338 g/mol. The molecule has 1 unspecified atom stereocenters. The largest absolute Gasteiger partial charge is 0.388 e. The van der Waals surface area contributed by atoms with Gasteiger partial charge in [-0.1, -0.05) is 43.5 Å². The molecular formula is C18H27ClN2O2. The smallest absolute Gasteiger partial charge is 0.317 e. The van der Waals surface area contributed by atoms with Crippen molar-refractivity contribution in [2.75, 3.05) is 19.6 Å². The van der Waals surface area contributed by atoms with Crippen LogP contribution in [-0.2, 0) is 0 Å². The Balaban J connectivity index is 1.76. The Kier molecular flexibility index (Phi) is 7.18. The summed E-state index contributed by atoms with van der Waals surface area (Å²) in [5.41, 5.74) is 0.900. The van der Waals surface area contributed by atoms with Crippen LogP contribution in [0.1, 0.15) is 50.7 Å². The highest BCUT2D eigenvalue weighted by atomic mass is 35.5. The lowest BCUT2D eigenvalue weighted by Gasteiger charge is -2.34. The van der Waals surface area contributed by atoms with Gasteiger partial charge in [0.15, 0.2) is 0 Å². The molecular weight excluding hydrogens is 312 g/mol. The SMILES string of the molecule is CCCCCNC(=O)N1CCC(C(O)c2ccc(Cl)cc2)CC1. The molecule has 0 bridgehead atoms. The van der Waals surface area contributed by atoms with E-state index in [2.05, 4.69) is 12.2 Å². The number of piperidine rings is 1. The zero-order valence-corrected chi connectivity index (χ0v) is 14.6. The zero-order valence-electron chi connectivity index (χ0n) is 13.8. The Morgan fingerprint density at radius 1 is 1.30 bits per heavy atom. The van der Waals surface area contributed by atoms with Gasteiger partial charge in [0.05, 0.1) is 6.10 Å². The second-order valence-electron chi connectivity index (χ2n) is 6.26. The van der Waals surface area contributed by atoms with E-state index in [0.717, 1.165) is 44.2 Å². The predicted octanol–water partition coefficient (Wildman–Crippen LogP) is 3.99. The summed E-state index contributed by atoms with van der Waals surface area (Å²) in [7, 11) is 0. The minimum Gasteiger partial charge on any atom is -0.388 e. The van der Waals surface area contributed by atoms with Crippen molar-refractivity contribution >= 4 is 17.6 Å². The van der Waals surface area contributed by atoms with E-state index in [1.807, 2.05) is 17.0 Å². The van der Waals surface area contributed by atoms with E-state index >= 15 is 0 Å². The number of rotatable bonds is 6. The average Bonchev–Trinajstić information content (AvgIpc) is 2.59. The number of aliphatic hydroxyl groups is 1. The molecule has 1 heterocycles. The normalized spacial score (nSPS) is 17.1. The van der Waals surface area contributed by atoms with Crippen molar-refractivity contribution in [3.63, 3.8) is 0 Å². The molecule has 1 saturated heterocycles. The molecule has 5 heteroatoms. The number of aliphatic hydroxyl groups excluding tert-OH is 1. The average molecular weight is 339 g/mol. The number of hydrogen-bond donors (Lipinski definition) is 2. The van der Waals surface area contributed by atoms with Crippen molar-refractivity contribution < 1.29 is 9.90 Å². The van der Waals surface area contributed by atoms with Crippen LogP contribution in [-0.4, -0.2) is 35.7 Å². The quantitative estimate of drug-likeness (QED) is 0.771. The van der Waals surface area contributed by atoms with Crippen LogP contribution in [0.4, 0.5) is 4.79 Å². The van der Waals surface area contributed by atoms with Gasteiger partial charge in [0, 0.05) is 24.7 Å². The number of carbonyl (C=O) groups excluding carboxylic acids is 1. The summed E-state index contributed by atoms with van der Waals surface area (Å²) in [5, 5.41) is 14.2. The summed E-state index contributed by atoms with van der Waals surface area (Å²) >= 11 is 5.88. The van der Waals surface area contributed by atoms with Gasteiger partial charge in [-0.05, 0) is 42.9 Å². The van der Waals surface area contributed by atoms with Gasteiger partial charge in [-0.15, -0.1) is 0 Å². The minimum atomic E-state index is -0.484. The van der Waals surface area contributed by atoms with E-state index in [1.54, 1.807) is 12.1 Å². The van der Waals surface area contributed by atoms with Crippen LogP contribution in [0.25, 0.3) is 0 Å². The molecule has 0 aromatic heterocycles. The summed E-state index contributed by atoms with van der Waals surface area (Å²) < 4.78 is 0. The maximum atomic E-state index is 12.1. The van der Waals surface area contributed by atoms with Crippen molar-refractivity contribution in [1.82, 2.24) is 10.2 Å². The van der Waals surface area contributed by atoms with E-state index < -0.39 is 6.10 Å². The van der Waals surface area contributed by atoms with Crippen LogP contribution in [0.5, 0.6) is 0 Å². The third-order valence-corrected chi connectivity index (χ3v) is 4.79. The van der Waals surface area contributed by atoms with Crippen molar-refractivity contribution in [2.24, 2.45) is 5.92 Å². The summed E-state index contributed by atoms with van der Waals surface area (Å²) in [6, 6.07) is 7.39. The summed E-state index contributed by atoms with van der Waals surface area (Å²) in [6.45, 7) is 4.31. The van der Waals surface area contributed by atoms with Crippen molar-refractivity contribution in [3.8, 4) is 0 Å².